The van der Waals surface area contributed by atoms with Gasteiger partial charge in [0.05, 0.1) is 22.7 Å². The number of rotatable bonds is 6. The number of hydrogen-bond donors (Lipinski definition) is 1. The van der Waals surface area contributed by atoms with Gasteiger partial charge in [-0.25, -0.2) is 4.98 Å². The van der Waals surface area contributed by atoms with Crippen LogP contribution in [0, 0.1) is 0 Å². The number of hydrogen-bond acceptors (Lipinski definition) is 6. The highest BCUT2D eigenvalue weighted by molar-refractivity contribution is 6.33. The molecule has 0 saturated carbocycles. The average Bonchev–Trinajstić information content (AvgIpc) is 2.73. The quantitative estimate of drug-likeness (QED) is 0.648. The molecular formula is C20H17ClF3N3O5. The lowest BCUT2D eigenvalue weighted by molar-refractivity contribution is -0.153. The predicted molar refractivity (Wildman–Crippen MR) is 107 cm³/mol. The normalized spacial score (nSPS) is 14.3. The van der Waals surface area contributed by atoms with Crippen molar-refractivity contribution >= 4 is 40.9 Å². The maximum absolute atomic E-state index is 12.7. The van der Waals surface area contributed by atoms with Crippen LogP contribution in [-0.2, 0) is 25.3 Å². The fourth-order valence-corrected chi connectivity index (χ4v) is 3.03. The van der Waals surface area contributed by atoms with E-state index in [1.807, 2.05) is 0 Å². The molecule has 2 heterocycles. The van der Waals surface area contributed by atoms with Gasteiger partial charge < -0.3 is 19.7 Å². The molecular weight excluding hydrogens is 455 g/mol. The molecule has 1 aromatic carbocycles. The third kappa shape index (κ3) is 5.47. The molecule has 12 heteroatoms. The third-order valence-electron chi connectivity index (χ3n) is 4.44. The van der Waals surface area contributed by atoms with Crippen LogP contribution >= 0.6 is 11.6 Å². The smallest absolute Gasteiger partial charge is 0.417 e. The highest BCUT2D eigenvalue weighted by Gasteiger charge is 2.32. The first-order valence-corrected chi connectivity index (χ1v) is 9.69. The zero-order valence-electron chi connectivity index (χ0n) is 16.6. The number of fused-ring (bicyclic) bond motifs is 1. The SMILES string of the molecule is CC(OC(=O)CCN1C(=O)COc2ccccc21)C(=O)Nc1ncc(C(F)(F)F)cc1Cl. The van der Waals surface area contributed by atoms with E-state index in [4.69, 9.17) is 21.1 Å². The Kier molecular flexibility index (Phi) is 6.87. The maximum Gasteiger partial charge on any atom is 0.417 e. The van der Waals surface area contributed by atoms with E-state index in [2.05, 4.69) is 10.3 Å². The third-order valence-corrected chi connectivity index (χ3v) is 4.72. The molecule has 8 nitrogen and oxygen atoms in total. The summed E-state index contributed by atoms with van der Waals surface area (Å²) in [5.41, 5.74) is -0.551. The van der Waals surface area contributed by atoms with Crippen molar-refractivity contribution in [1.29, 1.82) is 0 Å². The van der Waals surface area contributed by atoms with Gasteiger partial charge in [-0.2, -0.15) is 13.2 Å². The van der Waals surface area contributed by atoms with E-state index < -0.39 is 34.7 Å². The number of alkyl halides is 3. The minimum Gasteiger partial charge on any atom is -0.482 e. The van der Waals surface area contributed by atoms with E-state index in [1.165, 1.54) is 11.8 Å². The van der Waals surface area contributed by atoms with Crippen molar-refractivity contribution in [2.75, 3.05) is 23.4 Å². The van der Waals surface area contributed by atoms with Crippen molar-refractivity contribution in [3.63, 3.8) is 0 Å². The van der Waals surface area contributed by atoms with Crippen molar-refractivity contribution in [3.8, 4) is 5.75 Å². The van der Waals surface area contributed by atoms with E-state index in [0.29, 0.717) is 23.7 Å². The topological polar surface area (TPSA) is 97.8 Å². The summed E-state index contributed by atoms with van der Waals surface area (Å²) < 4.78 is 48.4. The Morgan fingerprint density at radius 3 is 2.75 bits per heavy atom. The zero-order valence-corrected chi connectivity index (χ0v) is 17.4. The Labute approximate surface area is 185 Å². The molecule has 32 heavy (non-hydrogen) atoms. The molecule has 3 rings (SSSR count). The number of anilines is 2. The first-order valence-electron chi connectivity index (χ1n) is 9.31. The van der Waals surface area contributed by atoms with Gasteiger partial charge in [0.15, 0.2) is 18.5 Å². The van der Waals surface area contributed by atoms with Gasteiger partial charge in [0.1, 0.15) is 5.75 Å². The Morgan fingerprint density at radius 1 is 1.34 bits per heavy atom. The molecule has 0 aliphatic carbocycles. The van der Waals surface area contributed by atoms with E-state index in [9.17, 15) is 27.6 Å². The van der Waals surface area contributed by atoms with Gasteiger partial charge in [0.25, 0.3) is 11.8 Å². The van der Waals surface area contributed by atoms with E-state index >= 15 is 0 Å². The van der Waals surface area contributed by atoms with Gasteiger partial charge in [0.2, 0.25) is 0 Å². The van der Waals surface area contributed by atoms with Crippen LogP contribution in [0.2, 0.25) is 5.02 Å². The number of ether oxygens (including phenoxy) is 2. The number of nitrogens with zero attached hydrogens (tertiary/aromatic N) is 2. The van der Waals surface area contributed by atoms with Crippen LogP contribution in [0.3, 0.4) is 0 Å². The van der Waals surface area contributed by atoms with Crippen molar-refractivity contribution < 1.29 is 37.0 Å². The van der Waals surface area contributed by atoms with Crippen LogP contribution in [0.5, 0.6) is 5.75 Å². The number of amides is 2. The molecule has 0 saturated heterocycles. The van der Waals surface area contributed by atoms with Crippen LogP contribution in [0.15, 0.2) is 36.5 Å². The summed E-state index contributed by atoms with van der Waals surface area (Å²) in [7, 11) is 0. The van der Waals surface area contributed by atoms with Crippen molar-refractivity contribution in [2.24, 2.45) is 0 Å². The number of para-hydroxylation sites is 2. The van der Waals surface area contributed by atoms with Crippen LogP contribution in [0.4, 0.5) is 24.7 Å². The molecule has 1 aromatic heterocycles. The molecule has 170 valence electrons. The fourth-order valence-electron chi connectivity index (χ4n) is 2.82. The molecule has 2 amide bonds. The maximum atomic E-state index is 12.7. The monoisotopic (exact) mass is 471 g/mol. The minimum absolute atomic E-state index is 0.0126. The van der Waals surface area contributed by atoms with Gasteiger partial charge in [-0.15, -0.1) is 0 Å². The summed E-state index contributed by atoms with van der Waals surface area (Å²) in [6.07, 6.45) is -5.59. The van der Waals surface area contributed by atoms with Crippen LogP contribution in [-0.4, -0.2) is 42.0 Å². The zero-order chi connectivity index (χ0) is 23.5. The number of carbonyl (C=O) groups is 3. The van der Waals surface area contributed by atoms with E-state index in [1.54, 1.807) is 24.3 Å². The molecule has 1 atom stereocenters. The molecule has 1 N–H and O–H groups in total. The summed E-state index contributed by atoms with van der Waals surface area (Å²) in [6.45, 7) is 1.13. The number of benzene rings is 1. The Bertz CT molecular complexity index is 1050. The van der Waals surface area contributed by atoms with Crippen molar-refractivity contribution in [3.05, 3.63) is 47.1 Å². The molecule has 0 bridgehead atoms. The van der Waals surface area contributed by atoms with E-state index in [0.717, 1.165) is 0 Å². The Balaban J connectivity index is 1.55. The lowest BCUT2D eigenvalue weighted by Crippen LogP contribution is -2.40. The Morgan fingerprint density at radius 2 is 2.06 bits per heavy atom. The predicted octanol–water partition coefficient (Wildman–Crippen LogP) is 3.44. The van der Waals surface area contributed by atoms with E-state index in [-0.39, 0.29) is 31.3 Å². The molecule has 1 aliphatic rings. The van der Waals surface area contributed by atoms with Gasteiger partial charge >= 0.3 is 12.1 Å². The summed E-state index contributed by atoms with van der Waals surface area (Å²) in [5.74, 6) is -1.71. The Hall–Kier alpha value is -3.34. The minimum atomic E-state index is -4.63. The molecule has 0 spiro atoms. The highest BCUT2D eigenvalue weighted by Crippen LogP contribution is 2.33. The second-order valence-corrected chi connectivity index (χ2v) is 7.13. The van der Waals surface area contributed by atoms with Gasteiger partial charge in [-0.1, -0.05) is 23.7 Å². The molecule has 2 aromatic rings. The van der Waals surface area contributed by atoms with Gasteiger partial charge in [-0.05, 0) is 25.1 Å². The fraction of sp³-hybridized carbons (Fsp3) is 0.300. The highest BCUT2D eigenvalue weighted by atomic mass is 35.5. The van der Waals surface area contributed by atoms with Crippen molar-refractivity contribution in [2.45, 2.75) is 25.6 Å². The molecule has 1 aliphatic heterocycles. The molecule has 0 fully saturated rings. The first-order chi connectivity index (χ1) is 15.1. The largest absolute Gasteiger partial charge is 0.482 e. The second-order valence-electron chi connectivity index (χ2n) is 6.73. The summed E-state index contributed by atoms with van der Waals surface area (Å²) in [6, 6.07) is 7.46. The first kappa shape index (κ1) is 23.3. The summed E-state index contributed by atoms with van der Waals surface area (Å²) >= 11 is 5.75. The standard InChI is InChI=1S/C20H17ClF3N3O5/c1-11(19(30)26-18-13(21)8-12(9-25-18)20(22,23)24)32-17(29)6-7-27-14-4-2-3-5-15(14)31-10-16(27)28/h2-5,8-9,11H,6-7,10H2,1H3,(H,25,26,30). The van der Waals surface area contributed by atoms with Gasteiger partial charge in [0, 0.05) is 12.7 Å². The van der Waals surface area contributed by atoms with Gasteiger partial charge in [-0.3, -0.25) is 14.4 Å². The average molecular weight is 472 g/mol. The number of esters is 1. The summed E-state index contributed by atoms with van der Waals surface area (Å²) in [4.78, 5) is 41.4. The number of aromatic nitrogens is 1. The number of halogens is 4. The number of carbonyl (C=O) groups excluding carboxylic acids is 3. The molecule has 0 radical (unpaired) electrons. The van der Waals surface area contributed by atoms with Crippen LogP contribution < -0.4 is 15.0 Å². The summed E-state index contributed by atoms with van der Waals surface area (Å²) in [5, 5.41) is 1.79. The van der Waals surface area contributed by atoms with Crippen molar-refractivity contribution in [1.82, 2.24) is 4.98 Å². The lowest BCUT2D eigenvalue weighted by atomic mass is 10.2. The second kappa shape index (κ2) is 9.43. The van der Waals surface area contributed by atoms with Crippen LogP contribution in [0.1, 0.15) is 18.9 Å². The molecule has 1 unspecified atom stereocenters. The lowest BCUT2D eigenvalue weighted by Gasteiger charge is -2.29. The van der Waals surface area contributed by atoms with Crippen LogP contribution in [0.25, 0.3) is 0 Å². The number of nitrogens with one attached hydrogen (secondary N) is 1. The number of pyridine rings is 1.